The highest BCUT2D eigenvalue weighted by molar-refractivity contribution is 5.87. The van der Waals surface area contributed by atoms with Crippen LogP contribution < -0.4 is 0 Å². The standard InChI is InChI=1S/C11H18O2.C5H8O2/c1-4-6-7-8-9-13-11(12)10(3)5-2;1-3-4(2)5(6)7/h5-7H,4,8-9H2,1-3H3;3H,1-2H3,(H,6,7). The van der Waals surface area contributed by atoms with E-state index >= 15 is 0 Å². The van der Waals surface area contributed by atoms with Gasteiger partial charge in [-0.05, 0) is 40.5 Å². The van der Waals surface area contributed by atoms with Crippen LogP contribution in [-0.2, 0) is 14.3 Å². The normalized spacial score (nSPS) is 11.8. The molecular formula is C16H26O4. The van der Waals surface area contributed by atoms with Crippen LogP contribution in [-0.4, -0.2) is 23.7 Å². The Bertz CT molecular complexity index is 376. The molecule has 0 radical (unpaired) electrons. The summed E-state index contributed by atoms with van der Waals surface area (Å²) >= 11 is 0. The molecular weight excluding hydrogens is 256 g/mol. The molecule has 0 amide bonds. The molecule has 0 aromatic carbocycles. The van der Waals surface area contributed by atoms with Gasteiger partial charge in [0.1, 0.15) is 0 Å². The van der Waals surface area contributed by atoms with Crippen molar-refractivity contribution in [3.8, 4) is 0 Å². The van der Waals surface area contributed by atoms with Crippen LogP contribution >= 0.6 is 0 Å². The van der Waals surface area contributed by atoms with Crippen molar-refractivity contribution in [2.24, 2.45) is 0 Å². The highest BCUT2D eigenvalue weighted by Gasteiger charge is 2.02. The molecule has 0 rings (SSSR count). The van der Waals surface area contributed by atoms with E-state index in [4.69, 9.17) is 9.84 Å². The molecule has 114 valence electrons. The van der Waals surface area contributed by atoms with E-state index in [9.17, 15) is 9.59 Å². The average molecular weight is 282 g/mol. The molecule has 0 aromatic heterocycles. The van der Waals surface area contributed by atoms with Gasteiger partial charge in [0.05, 0.1) is 6.61 Å². The quantitative estimate of drug-likeness (QED) is 0.347. The number of hydrogen-bond donors (Lipinski definition) is 1. The van der Waals surface area contributed by atoms with Gasteiger partial charge in [0.15, 0.2) is 0 Å². The summed E-state index contributed by atoms with van der Waals surface area (Å²) in [5.41, 5.74) is 1.06. The summed E-state index contributed by atoms with van der Waals surface area (Å²) in [6, 6.07) is 0. The topological polar surface area (TPSA) is 63.6 Å². The minimum absolute atomic E-state index is 0.215. The number of carboxylic acid groups (broad SMARTS) is 1. The molecule has 0 aliphatic heterocycles. The summed E-state index contributed by atoms with van der Waals surface area (Å²) < 4.78 is 4.98. The predicted molar refractivity (Wildman–Crippen MR) is 81.5 cm³/mol. The number of hydrogen-bond acceptors (Lipinski definition) is 3. The van der Waals surface area contributed by atoms with Gasteiger partial charge >= 0.3 is 11.9 Å². The Morgan fingerprint density at radius 2 is 1.60 bits per heavy atom. The fourth-order valence-corrected chi connectivity index (χ4v) is 0.859. The molecule has 0 aliphatic rings. The Labute approximate surface area is 121 Å². The first-order chi connectivity index (χ1) is 9.40. The summed E-state index contributed by atoms with van der Waals surface area (Å²) in [6.07, 6.45) is 9.24. The fourth-order valence-electron chi connectivity index (χ4n) is 0.859. The van der Waals surface area contributed by atoms with Gasteiger partial charge in [-0.3, -0.25) is 0 Å². The zero-order chi connectivity index (χ0) is 16.0. The largest absolute Gasteiger partial charge is 0.478 e. The third-order valence-electron chi connectivity index (χ3n) is 2.45. The van der Waals surface area contributed by atoms with Gasteiger partial charge in [0, 0.05) is 11.1 Å². The molecule has 1 N–H and O–H groups in total. The lowest BCUT2D eigenvalue weighted by atomic mass is 10.3. The van der Waals surface area contributed by atoms with Crippen molar-refractivity contribution in [1.29, 1.82) is 0 Å². The fraction of sp³-hybridized carbons (Fsp3) is 0.500. The van der Waals surface area contributed by atoms with Crippen LogP contribution in [0.15, 0.2) is 35.5 Å². The van der Waals surface area contributed by atoms with E-state index in [0.717, 1.165) is 12.8 Å². The number of rotatable bonds is 6. The van der Waals surface area contributed by atoms with E-state index < -0.39 is 5.97 Å². The minimum atomic E-state index is -0.845. The summed E-state index contributed by atoms with van der Waals surface area (Å²) in [5, 5.41) is 8.11. The number of esters is 1. The van der Waals surface area contributed by atoms with Crippen molar-refractivity contribution >= 4 is 11.9 Å². The number of ether oxygens (including phenoxy) is 1. The van der Waals surface area contributed by atoms with Gasteiger partial charge in [0.25, 0.3) is 0 Å². The molecule has 0 bridgehead atoms. The number of carboxylic acids is 1. The van der Waals surface area contributed by atoms with Gasteiger partial charge in [-0.15, -0.1) is 0 Å². The van der Waals surface area contributed by atoms with Crippen molar-refractivity contribution in [3.05, 3.63) is 35.5 Å². The molecule has 20 heavy (non-hydrogen) atoms. The van der Waals surface area contributed by atoms with Gasteiger partial charge < -0.3 is 9.84 Å². The minimum Gasteiger partial charge on any atom is -0.478 e. The van der Waals surface area contributed by atoms with E-state index in [-0.39, 0.29) is 5.97 Å². The smallest absolute Gasteiger partial charge is 0.333 e. The first-order valence-corrected chi connectivity index (χ1v) is 6.71. The molecule has 0 unspecified atom stereocenters. The molecule has 4 nitrogen and oxygen atoms in total. The Hall–Kier alpha value is -1.84. The van der Waals surface area contributed by atoms with E-state index in [1.165, 1.54) is 0 Å². The molecule has 0 atom stereocenters. The number of carbonyl (C=O) groups is 2. The van der Waals surface area contributed by atoms with Crippen LogP contribution in [0.25, 0.3) is 0 Å². The molecule has 0 saturated heterocycles. The lowest BCUT2D eigenvalue weighted by Gasteiger charge is -2.01. The van der Waals surface area contributed by atoms with E-state index in [1.807, 2.05) is 13.0 Å². The Morgan fingerprint density at radius 3 is 1.95 bits per heavy atom. The lowest BCUT2D eigenvalue weighted by molar-refractivity contribution is -0.138. The summed E-state index contributed by atoms with van der Waals surface area (Å²) in [6.45, 7) is 9.39. The number of carbonyl (C=O) groups excluding carboxylic acids is 1. The monoisotopic (exact) mass is 282 g/mol. The summed E-state index contributed by atoms with van der Waals surface area (Å²) in [4.78, 5) is 21.0. The SMILES string of the molecule is CC=C(C)C(=O)O.CC=C(C)C(=O)OCCC=CCC. The second-order valence-electron chi connectivity index (χ2n) is 4.05. The zero-order valence-corrected chi connectivity index (χ0v) is 13.1. The van der Waals surface area contributed by atoms with Crippen molar-refractivity contribution in [1.82, 2.24) is 0 Å². The van der Waals surface area contributed by atoms with Gasteiger partial charge in [-0.25, -0.2) is 9.59 Å². The van der Waals surface area contributed by atoms with Crippen molar-refractivity contribution in [2.75, 3.05) is 6.61 Å². The number of allylic oxidation sites excluding steroid dienone is 3. The third-order valence-corrected chi connectivity index (χ3v) is 2.45. The maximum absolute atomic E-state index is 11.1. The van der Waals surface area contributed by atoms with Crippen LogP contribution in [0.2, 0.25) is 0 Å². The summed E-state index contributed by atoms with van der Waals surface area (Å²) in [5.74, 6) is -1.06. The predicted octanol–water partition coefficient (Wildman–Crippen LogP) is 3.89. The third kappa shape index (κ3) is 12.6. The molecule has 0 aromatic rings. The van der Waals surface area contributed by atoms with Crippen LogP contribution in [0.4, 0.5) is 0 Å². The molecule has 0 saturated carbocycles. The lowest BCUT2D eigenvalue weighted by Crippen LogP contribution is -2.06. The highest BCUT2D eigenvalue weighted by atomic mass is 16.5. The second-order valence-corrected chi connectivity index (χ2v) is 4.05. The van der Waals surface area contributed by atoms with Crippen LogP contribution in [0.1, 0.15) is 47.5 Å². The number of aliphatic carboxylic acids is 1. The van der Waals surface area contributed by atoms with Crippen LogP contribution in [0.3, 0.4) is 0 Å². The molecule has 4 heteroatoms. The highest BCUT2D eigenvalue weighted by Crippen LogP contribution is 1.97. The Morgan fingerprint density at radius 1 is 1.05 bits per heavy atom. The molecule has 0 heterocycles. The first-order valence-electron chi connectivity index (χ1n) is 6.71. The van der Waals surface area contributed by atoms with E-state index in [0.29, 0.717) is 17.8 Å². The van der Waals surface area contributed by atoms with Crippen LogP contribution in [0, 0.1) is 0 Å². The Kier molecular flexibility index (Phi) is 13.9. The van der Waals surface area contributed by atoms with Gasteiger partial charge in [0.2, 0.25) is 0 Å². The average Bonchev–Trinajstić information content (AvgIpc) is 2.45. The molecule has 0 aliphatic carbocycles. The van der Waals surface area contributed by atoms with Gasteiger partial charge in [-0.1, -0.05) is 31.2 Å². The van der Waals surface area contributed by atoms with Crippen molar-refractivity contribution in [3.63, 3.8) is 0 Å². The summed E-state index contributed by atoms with van der Waals surface area (Å²) in [7, 11) is 0. The first kappa shape index (κ1) is 20.5. The van der Waals surface area contributed by atoms with E-state index in [2.05, 4.69) is 13.0 Å². The van der Waals surface area contributed by atoms with E-state index in [1.54, 1.807) is 32.9 Å². The van der Waals surface area contributed by atoms with Crippen molar-refractivity contribution < 1.29 is 19.4 Å². The van der Waals surface area contributed by atoms with Crippen LogP contribution in [0.5, 0.6) is 0 Å². The molecule has 0 spiro atoms. The molecule has 0 fully saturated rings. The van der Waals surface area contributed by atoms with Crippen molar-refractivity contribution in [2.45, 2.75) is 47.5 Å². The maximum atomic E-state index is 11.1. The van der Waals surface area contributed by atoms with Gasteiger partial charge in [-0.2, -0.15) is 0 Å². The zero-order valence-electron chi connectivity index (χ0n) is 13.1. The maximum Gasteiger partial charge on any atom is 0.333 e. The Balaban J connectivity index is 0. The second kappa shape index (κ2) is 13.6.